The molecular formula is C11H19NO4. The average Bonchev–Trinajstić information content (AvgIpc) is 2.57. The molecule has 2 unspecified atom stereocenters. The van der Waals surface area contributed by atoms with Crippen LogP contribution in [0.2, 0.25) is 0 Å². The van der Waals surface area contributed by atoms with E-state index in [1.807, 2.05) is 6.92 Å². The summed E-state index contributed by atoms with van der Waals surface area (Å²) in [5.41, 5.74) is -1.42. The summed E-state index contributed by atoms with van der Waals surface area (Å²) in [5, 5.41) is 18.2. The Morgan fingerprint density at radius 2 is 2.00 bits per heavy atom. The summed E-state index contributed by atoms with van der Waals surface area (Å²) in [5.74, 6) is -1.32. The number of hydrogen-bond donors (Lipinski definition) is 2. The van der Waals surface area contributed by atoms with Crippen LogP contribution in [0.25, 0.3) is 0 Å². The van der Waals surface area contributed by atoms with Crippen molar-refractivity contribution in [3.05, 3.63) is 0 Å². The van der Waals surface area contributed by atoms with Crippen molar-refractivity contribution in [2.24, 2.45) is 11.3 Å². The van der Waals surface area contributed by atoms with Crippen molar-refractivity contribution in [2.45, 2.75) is 33.2 Å². The first kappa shape index (κ1) is 13.0. The molecular weight excluding hydrogens is 210 g/mol. The van der Waals surface area contributed by atoms with Crippen molar-refractivity contribution < 1.29 is 19.8 Å². The van der Waals surface area contributed by atoms with Gasteiger partial charge in [0, 0.05) is 6.54 Å². The minimum absolute atomic E-state index is 0.109. The third kappa shape index (κ3) is 2.04. The lowest BCUT2D eigenvalue weighted by Gasteiger charge is -2.30. The highest BCUT2D eigenvalue weighted by atomic mass is 16.4. The van der Waals surface area contributed by atoms with Gasteiger partial charge in [0.1, 0.15) is 5.41 Å². The number of hydrogen-bond acceptors (Lipinski definition) is 3. The summed E-state index contributed by atoms with van der Waals surface area (Å²) in [6.45, 7) is 5.18. The van der Waals surface area contributed by atoms with E-state index in [2.05, 4.69) is 0 Å². The van der Waals surface area contributed by atoms with Crippen molar-refractivity contribution >= 4 is 11.9 Å². The van der Waals surface area contributed by atoms with Crippen molar-refractivity contribution in [1.82, 2.24) is 4.90 Å². The summed E-state index contributed by atoms with van der Waals surface area (Å²) >= 11 is 0. The second-order valence-corrected chi connectivity index (χ2v) is 4.94. The molecule has 2 N–H and O–H groups in total. The highest BCUT2D eigenvalue weighted by molar-refractivity contribution is 6.01. The van der Waals surface area contributed by atoms with Gasteiger partial charge in [0.2, 0.25) is 5.91 Å². The summed E-state index contributed by atoms with van der Waals surface area (Å²) < 4.78 is 0. The maximum Gasteiger partial charge on any atom is 0.318 e. The highest BCUT2D eigenvalue weighted by Crippen LogP contribution is 2.29. The van der Waals surface area contributed by atoms with E-state index < -0.39 is 17.3 Å². The van der Waals surface area contributed by atoms with Crippen molar-refractivity contribution in [2.75, 3.05) is 13.2 Å². The maximum atomic E-state index is 12.1. The molecule has 1 fully saturated rings. The lowest BCUT2D eigenvalue weighted by atomic mass is 9.91. The number of carbonyl (C=O) groups is 2. The fourth-order valence-corrected chi connectivity index (χ4v) is 1.99. The molecule has 1 aliphatic heterocycles. The number of aliphatic carboxylic acids is 1. The normalized spacial score (nSPS) is 25.9. The Hall–Kier alpha value is -1.10. The third-order valence-corrected chi connectivity index (χ3v) is 3.40. The lowest BCUT2D eigenvalue weighted by molar-refractivity contribution is -0.159. The smallest absolute Gasteiger partial charge is 0.318 e. The molecule has 1 aliphatic rings. The molecule has 1 rings (SSSR count). The van der Waals surface area contributed by atoms with E-state index >= 15 is 0 Å². The van der Waals surface area contributed by atoms with Crippen LogP contribution < -0.4 is 0 Å². The number of aliphatic hydroxyl groups is 1. The average molecular weight is 229 g/mol. The van der Waals surface area contributed by atoms with Crippen molar-refractivity contribution in [3.8, 4) is 0 Å². The Morgan fingerprint density at radius 3 is 2.44 bits per heavy atom. The van der Waals surface area contributed by atoms with Gasteiger partial charge in [-0.2, -0.15) is 0 Å². The zero-order valence-corrected chi connectivity index (χ0v) is 9.93. The number of carbonyl (C=O) groups excluding carboxylic acids is 1. The van der Waals surface area contributed by atoms with Crippen molar-refractivity contribution in [3.63, 3.8) is 0 Å². The summed E-state index contributed by atoms with van der Waals surface area (Å²) in [6, 6.07) is -0.244. The molecule has 16 heavy (non-hydrogen) atoms. The highest BCUT2D eigenvalue weighted by Gasteiger charge is 2.44. The molecule has 0 aromatic rings. The first-order chi connectivity index (χ1) is 7.32. The van der Waals surface area contributed by atoms with Crippen LogP contribution in [0.5, 0.6) is 0 Å². The van der Waals surface area contributed by atoms with Crippen LogP contribution in [0.3, 0.4) is 0 Å². The van der Waals surface area contributed by atoms with E-state index in [9.17, 15) is 14.7 Å². The fourth-order valence-electron chi connectivity index (χ4n) is 1.99. The second-order valence-electron chi connectivity index (χ2n) is 4.94. The van der Waals surface area contributed by atoms with E-state index in [1.165, 1.54) is 18.7 Å². The Kier molecular flexibility index (Phi) is 3.57. The molecule has 5 heteroatoms. The molecule has 0 bridgehead atoms. The number of nitrogens with zero attached hydrogens (tertiary/aromatic N) is 1. The zero-order valence-electron chi connectivity index (χ0n) is 9.93. The van der Waals surface area contributed by atoms with Gasteiger partial charge in [-0.25, -0.2) is 0 Å². The predicted octanol–water partition coefficient (Wildman–Crippen LogP) is 0.326. The van der Waals surface area contributed by atoms with E-state index in [0.29, 0.717) is 6.54 Å². The van der Waals surface area contributed by atoms with Gasteiger partial charge in [0.15, 0.2) is 0 Å². The van der Waals surface area contributed by atoms with Crippen LogP contribution in [-0.4, -0.2) is 46.2 Å². The van der Waals surface area contributed by atoms with E-state index in [0.717, 1.165) is 6.42 Å². The zero-order chi connectivity index (χ0) is 12.5. The number of aliphatic hydroxyl groups excluding tert-OH is 1. The molecule has 0 aliphatic carbocycles. The van der Waals surface area contributed by atoms with Crippen molar-refractivity contribution in [1.29, 1.82) is 0 Å². The van der Waals surface area contributed by atoms with E-state index in [-0.39, 0.29) is 18.6 Å². The van der Waals surface area contributed by atoms with Gasteiger partial charge in [0.05, 0.1) is 12.6 Å². The molecule has 0 spiro atoms. The van der Waals surface area contributed by atoms with Gasteiger partial charge in [-0.1, -0.05) is 6.92 Å². The molecule has 5 nitrogen and oxygen atoms in total. The minimum Gasteiger partial charge on any atom is -0.480 e. The molecule has 1 saturated heterocycles. The molecule has 0 saturated carbocycles. The van der Waals surface area contributed by atoms with Gasteiger partial charge >= 0.3 is 5.97 Å². The number of rotatable bonds is 3. The number of likely N-dealkylation sites (tertiary alicyclic amines) is 1. The first-order valence-corrected chi connectivity index (χ1v) is 5.47. The fraction of sp³-hybridized carbons (Fsp3) is 0.818. The largest absolute Gasteiger partial charge is 0.480 e. The van der Waals surface area contributed by atoms with E-state index in [1.54, 1.807) is 0 Å². The summed E-state index contributed by atoms with van der Waals surface area (Å²) in [6.07, 6.45) is 0.812. The summed E-state index contributed by atoms with van der Waals surface area (Å²) in [4.78, 5) is 24.5. The van der Waals surface area contributed by atoms with Gasteiger partial charge in [-0.3, -0.25) is 9.59 Å². The van der Waals surface area contributed by atoms with Crippen LogP contribution in [0.15, 0.2) is 0 Å². The topological polar surface area (TPSA) is 77.8 Å². The van der Waals surface area contributed by atoms with Crippen LogP contribution in [0.1, 0.15) is 27.2 Å². The van der Waals surface area contributed by atoms with Crippen LogP contribution in [-0.2, 0) is 9.59 Å². The minimum atomic E-state index is -1.42. The molecule has 0 aromatic carbocycles. The Labute approximate surface area is 95.1 Å². The first-order valence-electron chi connectivity index (χ1n) is 5.47. The Morgan fingerprint density at radius 1 is 1.44 bits per heavy atom. The van der Waals surface area contributed by atoms with Gasteiger partial charge in [0.25, 0.3) is 0 Å². The van der Waals surface area contributed by atoms with Gasteiger partial charge in [-0.05, 0) is 26.2 Å². The quantitative estimate of drug-likeness (QED) is 0.683. The molecule has 1 heterocycles. The molecule has 92 valence electrons. The number of amides is 1. The standard InChI is InChI=1S/C11H19NO4/c1-7-4-5-12(8(7)6-13)9(14)11(2,3)10(15)16/h7-8,13H,4-6H2,1-3H3,(H,15,16). The second kappa shape index (κ2) is 4.41. The molecule has 0 radical (unpaired) electrons. The summed E-state index contributed by atoms with van der Waals surface area (Å²) in [7, 11) is 0. The number of carboxylic acid groups (broad SMARTS) is 1. The molecule has 0 aromatic heterocycles. The number of carboxylic acids is 1. The van der Waals surface area contributed by atoms with Crippen LogP contribution >= 0.6 is 0 Å². The van der Waals surface area contributed by atoms with Crippen LogP contribution in [0.4, 0.5) is 0 Å². The van der Waals surface area contributed by atoms with E-state index in [4.69, 9.17) is 5.11 Å². The SMILES string of the molecule is CC1CCN(C(=O)C(C)(C)C(=O)O)C1CO. The Balaban J connectivity index is 2.86. The van der Waals surface area contributed by atoms with Gasteiger partial charge < -0.3 is 15.1 Å². The Bertz CT molecular complexity index is 300. The predicted molar refractivity (Wildman–Crippen MR) is 57.8 cm³/mol. The third-order valence-electron chi connectivity index (χ3n) is 3.40. The van der Waals surface area contributed by atoms with Gasteiger partial charge in [-0.15, -0.1) is 0 Å². The van der Waals surface area contributed by atoms with Crippen LogP contribution in [0, 0.1) is 11.3 Å². The maximum absolute atomic E-state index is 12.1. The molecule has 1 amide bonds. The monoisotopic (exact) mass is 229 g/mol. The lowest BCUT2D eigenvalue weighted by Crippen LogP contribution is -2.49. The molecule has 2 atom stereocenters.